The highest BCUT2D eigenvalue weighted by Crippen LogP contribution is 2.28. The lowest BCUT2D eigenvalue weighted by Crippen LogP contribution is -2.09. The van der Waals surface area contributed by atoms with E-state index >= 15 is 0 Å². The highest BCUT2D eigenvalue weighted by atomic mass is 35.5. The van der Waals surface area contributed by atoms with Crippen LogP contribution in [0.25, 0.3) is 11.0 Å². The monoisotopic (exact) mass is 318 g/mol. The van der Waals surface area contributed by atoms with E-state index in [0.29, 0.717) is 5.88 Å². The van der Waals surface area contributed by atoms with Gasteiger partial charge in [-0.15, -0.1) is 11.6 Å². The molecule has 1 aromatic heterocycles. The van der Waals surface area contributed by atoms with Gasteiger partial charge in [0.15, 0.2) is 0 Å². The summed E-state index contributed by atoms with van der Waals surface area (Å²) in [6, 6.07) is 14.4. The van der Waals surface area contributed by atoms with Crippen molar-refractivity contribution in [2.45, 2.75) is 25.8 Å². The van der Waals surface area contributed by atoms with E-state index in [1.165, 1.54) is 11.1 Å². The van der Waals surface area contributed by atoms with Crippen molar-refractivity contribution in [3.63, 3.8) is 0 Å². The van der Waals surface area contributed by atoms with Crippen LogP contribution in [-0.4, -0.2) is 9.55 Å². The maximum absolute atomic E-state index is 6.10. The largest absolute Gasteiger partial charge is 0.320 e. The standard InChI is InChI=1S/C17H16Cl2N2/c1-11-3-8-16-15(9-11)20-17(10-18)21(16)12(2)13-4-6-14(19)7-5-13/h3-9,12H,10H2,1-2H3. The molecule has 21 heavy (non-hydrogen) atoms. The van der Waals surface area contributed by atoms with Crippen LogP contribution in [-0.2, 0) is 5.88 Å². The Morgan fingerprint density at radius 2 is 1.86 bits per heavy atom. The van der Waals surface area contributed by atoms with Crippen LogP contribution in [0.1, 0.15) is 29.9 Å². The highest BCUT2D eigenvalue weighted by Gasteiger charge is 2.16. The molecule has 0 spiro atoms. The Kier molecular flexibility index (Phi) is 3.92. The summed E-state index contributed by atoms with van der Waals surface area (Å²) in [6.45, 7) is 4.22. The number of benzene rings is 2. The Morgan fingerprint density at radius 1 is 1.14 bits per heavy atom. The zero-order valence-electron chi connectivity index (χ0n) is 12.0. The summed E-state index contributed by atoms with van der Waals surface area (Å²) in [5, 5.41) is 0.745. The van der Waals surface area contributed by atoms with E-state index in [-0.39, 0.29) is 6.04 Å². The lowest BCUT2D eigenvalue weighted by Gasteiger charge is -2.17. The van der Waals surface area contributed by atoms with Gasteiger partial charge in [-0.05, 0) is 49.2 Å². The zero-order chi connectivity index (χ0) is 15.0. The topological polar surface area (TPSA) is 17.8 Å². The second-order valence-electron chi connectivity index (χ2n) is 5.25. The molecule has 3 aromatic rings. The minimum atomic E-state index is 0.156. The Morgan fingerprint density at radius 3 is 2.52 bits per heavy atom. The van der Waals surface area contributed by atoms with Gasteiger partial charge in [0.2, 0.25) is 0 Å². The molecule has 2 nitrogen and oxygen atoms in total. The zero-order valence-corrected chi connectivity index (χ0v) is 13.5. The third-order valence-electron chi connectivity index (χ3n) is 3.78. The van der Waals surface area contributed by atoms with E-state index in [2.05, 4.69) is 41.6 Å². The van der Waals surface area contributed by atoms with Gasteiger partial charge in [0.25, 0.3) is 0 Å². The van der Waals surface area contributed by atoms with Crippen LogP contribution >= 0.6 is 23.2 Å². The number of hydrogen-bond donors (Lipinski definition) is 0. The van der Waals surface area contributed by atoms with Crippen molar-refractivity contribution < 1.29 is 0 Å². The maximum Gasteiger partial charge on any atom is 0.125 e. The van der Waals surface area contributed by atoms with Crippen LogP contribution < -0.4 is 0 Å². The van der Waals surface area contributed by atoms with Gasteiger partial charge in [-0.2, -0.15) is 0 Å². The lowest BCUT2D eigenvalue weighted by molar-refractivity contribution is 0.634. The van der Waals surface area contributed by atoms with Crippen LogP contribution in [0.3, 0.4) is 0 Å². The van der Waals surface area contributed by atoms with E-state index in [1.807, 2.05) is 24.3 Å². The minimum Gasteiger partial charge on any atom is -0.320 e. The van der Waals surface area contributed by atoms with Crippen LogP contribution in [0.4, 0.5) is 0 Å². The van der Waals surface area contributed by atoms with Crippen LogP contribution in [0, 0.1) is 6.92 Å². The van der Waals surface area contributed by atoms with Crippen LogP contribution in [0.5, 0.6) is 0 Å². The van der Waals surface area contributed by atoms with Crippen molar-refractivity contribution in [3.05, 3.63) is 64.4 Å². The molecule has 108 valence electrons. The van der Waals surface area contributed by atoms with Crippen molar-refractivity contribution in [1.82, 2.24) is 9.55 Å². The molecular weight excluding hydrogens is 303 g/mol. The fraction of sp³-hybridized carbons (Fsp3) is 0.235. The molecule has 0 aliphatic carbocycles. The number of hydrogen-bond acceptors (Lipinski definition) is 1. The number of nitrogens with zero attached hydrogens (tertiary/aromatic N) is 2. The van der Waals surface area contributed by atoms with E-state index in [4.69, 9.17) is 23.2 Å². The normalized spacial score (nSPS) is 12.8. The van der Waals surface area contributed by atoms with Crippen molar-refractivity contribution in [2.75, 3.05) is 0 Å². The Hall–Kier alpha value is -1.51. The van der Waals surface area contributed by atoms with Crippen LogP contribution in [0.15, 0.2) is 42.5 Å². The molecule has 0 amide bonds. The molecule has 1 heterocycles. The molecule has 1 unspecified atom stereocenters. The first-order valence-electron chi connectivity index (χ1n) is 6.89. The molecule has 0 N–H and O–H groups in total. The van der Waals surface area contributed by atoms with Crippen molar-refractivity contribution in [2.24, 2.45) is 0 Å². The van der Waals surface area contributed by atoms with Crippen molar-refractivity contribution >= 4 is 34.2 Å². The third kappa shape index (κ3) is 2.66. The number of aryl methyl sites for hydroxylation is 1. The minimum absolute atomic E-state index is 0.156. The van der Waals surface area contributed by atoms with Crippen molar-refractivity contribution in [1.29, 1.82) is 0 Å². The van der Waals surface area contributed by atoms with E-state index in [0.717, 1.165) is 21.9 Å². The summed E-state index contributed by atoms with van der Waals surface area (Å²) in [4.78, 5) is 4.66. The summed E-state index contributed by atoms with van der Waals surface area (Å²) in [5.41, 5.74) is 4.49. The number of fused-ring (bicyclic) bond motifs is 1. The molecule has 0 radical (unpaired) electrons. The number of rotatable bonds is 3. The van der Waals surface area contributed by atoms with Gasteiger partial charge in [0.1, 0.15) is 5.82 Å². The fourth-order valence-electron chi connectivity index (χ4n) is 2.68. The second-order valence-corrected chi connectivity index (χ2v) is 5.96. The smallest absolute Gasteiger partial charge is 0.125 e. The number of halogens is 2. The molecule has 1 atom stereocenters. The van der Waals surface area contributed by atoms with E-state index in [9.17, 15) is 0 Å². The Bertz CT molecular complexity index is 775. The SMILES string of the molecule is Cc1ccc2c(c1)nc(CCl)n2C(C)c1ccc(Cl)cc1. The van der Waals surface area contributed by atoms with Crippen LogP contribution in [0.2, 0.25) is 5.02 Å². The molecule has 3 rings (SSSR count). The summed E-state index contributed by atoms with van der Waals surface area (Å²) in [6.07, 6.45) is 0. The number of alkyl halides is 1. The Labute approximate surface area is 134 Å². The molecule has 2 aromatic carbocycles. The van der Waals surface area contributed by atoms with Gasteiger partial charge in [-0.25, -0.2) is 4.98 Å². The average molecular weight is 319 g/mol. The molecule has 0 bridgehead atoms. The molecular formula is C17H16Cl2N2. The van der Waals surface area contributed by atoms with E-state index in [1.54, 1.807) is 0 Å². The quantitative estimate of drug-likeness (QED) is 0.595. The summed E-state index contributed by atoms with van der Waals surface area (Å²) in [5.74, 6) is 1.28. The molecule has 0 saturated heterocycles. The van der Waals surface area contributed by atoms with Gasteiger partial charge < -0.3 is 4.57 Å². The lowest BCUT2D eigenvalue weighted by atomic mass is 10.1. The second kappa shape index (κ2) is 5.70. The first kappa shape index (κ1) is 14.4. The maximum atomic E-state index is 6.10. The predicted octanol–water partition coefficient (Wildman–Crippen LogP) is 5.35. The van der Waals surface area contributed by atoms with Gasteiger partial charge in [-0.3, -0.25) is 0 Å². The molecule has 0 aliphatic rings. The highest BCUT2D eigenvalue weighted by molar-refractivity contribution is 6.30. The fourth-order valence-corrected chi connectivity index (χ4v) is 2.99. The summed E-state index contributed by atoms with van der Waals surface area (Å²) in [7, 11) is 0. The molecule has 0 fully saturated rings. The molecule has 4 heteroatoms. The van der Waals surface area contributed by atoms with Gasteiger partial charge in [-0.1, -0.05) is 29.8 Å². The first-order valence-corrected chi connectivity index (χ1v) is 7.80. The Balaban J connectivity index is 2.16. The van der Waals surface area contributed by atoms with Gasteiger partial charge in [0, 0.05) is 5.02 Å². The summed E-state index contributed by atoms with van der Waals surface area (Å²) < 4.78 is 2.20. The van der Waals surface area contributed by atoms with E-state index < -0.39 is 0 Å². The van der Waals surface area contributed by atoms with Crippen molar-refractivity contribution in [3.8, 4) is 0 Å². The summed E-state index contributed by atoms with van der Waals surface area (Å²) >= 11 is 12.1. The molecule has 0 saturated carbocycles. The third-order valence-corrected chi connectivity index (χ3v) is 4.27. The number of imidazole rings is 1. The predicted molar refractivity (Wildman–Crippen MR) is 89.3 cm³/mol. The van der Waals surface area contributed by atoms with Gasteiger partial charge >= 0.3 is 0 Å². The molecule has 0 aliphatic heterocycles. The number of aromatic nitrogens is 2. The first-order chi connectivity index (χ1) is 10.1. The average Bonchev–Trinajstić information content (AvgIpc) is 2.84. The van der Waals surface area contributed by atoms with Gasteiger partial charge in [0.05, 0.1) is 23.0 Å².